The molecule has 4 heteroatoms. The Kier molecular flexibility index (Phi) is 1.88. The number of nitrogens with two attached hydrogens (primary N) is 1. The zero-order valence-electron chi connectivity index (χ0n) is 6.88. The first kappa shape index (κ1) is 7.67. The molecule has 0 spiro atoms. The molecule has 0 bridgehead atoms. The number of nitrogens with zero attached hydrogens (tertiary/aromatic N) is 3. The van der Waals surface area contributed by atoms with Gasteiger partial charge in [-0.15, -0.1) is 0 Å². The SMILES string of the molecule is Nc1cnc(-c2ccncc2)nc1. The minimum atomic E-state index is 0.567. The summed E-state index contributed by atoms with van der Waals surface area (Å²) >= 11 is 0. The van der Waals surface area contributed by atoms with Gasteiger partial charge in [-0.25, -0.2) is 9.97 Å². The van der Waals surface area contributed by atoms with Gasteiger partial charge in [-0.05, 0) is 12.1 Å². The predicted octanol–water partition coefficient (Wildman–Crippen LogP) is 1.12. The molecule has 2 N–H and O–H groups in total. The fourth-order valence-corrected chi connectivity index (χ4v) is 0.988. The van der Waals surface area contributed by atoms with Gasteiger partial charge < -0.3 is 5.73 Å². The Balaban J connectivity index is 2.42. The quantitative estimate of drug-likeness (QED) is 0.700. The molecule has 13 heavy (non-hydrogen) atoms. The third-order valence-electron chi connectivity index (χ3n) is 1.61. The van der Waals surface area contributed by atoms with Crippen LogP contribution in [0.25, 0.3) is 11.4 Å². The third-order valence-corrected chi connectivity index (χ3v) is 1.61. The Morgan fingerprint density at radius 3 is 2.23 bits per heavy atom. The van der Waals surface area contributed by atoms with Crippen LogP contribution in [0.2, 0.25) is 0 Å². The van der Waals surface area contributed by atoms with Crippen LogP contribution in [-0.2, 0) is 0 Å². The minimum absolute atomic E-state index is 0.567. The second kappa shape index (κ2) is 3.18. The summed E-state index contributed by atoms with van der Waals surface area (Å²) in [5.74, 6) is 0.664. The van der Waals surface area contributed by atoms with Gasteiger partial charge in [0.15, 0.2) is 5.82 Å². The van der Waals surface area contributed by atoms with E-state index in [0.717, 1.165) is 5.56 Å². The molecule has 2 rings (SSSR count). The Morgan fingerprint density at radius 1 is 1.00 bits per heavy atom. The van der Waals surface area contributed by atoms with E-state index in [2.05, 4.69) is 15.0 Å². The van der Waals surface area contributed by atoms with Crippen molar-refractivity contribution in [2.45, 2.75) is 0 Å². The van der Waals surface area contributed by atoms with Gasteiger partial charge in [0.1, 0.15) is 0 Å². The normalized spacial score (nSPS) is 9.85. The summed E-state index contributed by atoms with van der Waals surface area (Å²) in [6.07, 6.45) is 6.58. The lowest BCUT2D eigenvalue weighted by atomic mass is 10.2. The van der Waals surface area contributed by atoms with Crippen molar-refractivity contribution in [3.8, 4) is 11.4 Å². The maximum atomic E-state index is 5.47. The molecule has 0 saturated heterocycles. The predicted molar refractivity (Wildman–Crippen MR) is 49.7 cm³/mol. The average molecular weight is 172 g/mol. The second-order valence-electron chi connectivity index (χ2n) is 2.58. The van der Waals surface area contributed by atoms with Crippen LogP contribution in [0.1, 0.15) is 0 Å². The largest absolute Gasteiger partial charge is 0.396 e. The van der Waals surface area contributed by atoms with E-state index in [9.17, 15) is 0 Å². The molecular formula is C9H8N4. The zero-order valence-corrected chi connectivity index (χ0v) is 6.88. The molecule has 0 aliphatic carbocycles. The van der Waals surface area contributed by atoms with E-state index in [1.54, 1.807) is 24.8 Å². The van der Waals surface area contributed by atoms with Crippen LogP contribution in [-0.4, -0.2) is 15.0 Å². The van der Waals surface area contributed by atoms with Crippen LogP contribution < -0.4 is 5.73 Å². The highest BCUT2D eigenvalue weighted by Crippen LogP contribution is 2.12. The Hall–Kier alpha value is -1.97. The fraction of sp³-hybridized carbons (Fsp3) is 0. The summed E-state index contributed by atoms with van der Waals surface area (Å²) in [4.78, 5) is 12.1. The summed E-state index contributed by atoms with van der Waals surface area (Å²) in [6, 6.07) is 3.71. The number of hydrogen-bond donors (Lipinski definition) is 1. The van der Waals surface area contributed by atoms with Gasteiger partial charge in [0.2, 0.25) is 0 Å². The first-order valence-corrected chi connectivity index (χ1v) is 3.84. The molecule has 0 amide bonds. The molecule has 0 aliphatic heterocycles. The van der Waals surface area contributed by atoms with Crippen molar-refractivity contribution in [2.24, 2.45) is 0 Å². The first-order valence-electron chi connectivity index (χ1n) is 3.84. The molecule has 2 heterocycles. The smallest absolute Gasteiger partial charge is 0.159 e. The first-order chi connectivity index (χ1) is 6.36. The van der Waals surface area contributed by atoms with Gasteiger partial charge in [0, 0.05) is 18.0 Å². The maximum Gasteiger partial charge on any atom is 0.159 e. The van der Waals surface area contributed by atoms with Gasteiger partial charge in [0.25, 0.3) is 0 Å². The molecule has 64 valence electrons. The van der Waals surface area contributed by atoms with E-state index in [0.29, 0.717) is 11.5 Å². The van der Waals surface area contributed by atoms with Crippen molar-refractivity contribution < 1.29 is 0 Å². The molecule has 2 aromatic rings. The number of aromatic nitrogens is 3. The van der Waals surface area contributed by atoms with E-state index >= 15 is 0 Å². The Labute approximate surface area is 75.5 Å². The molecular weight excluding hydrogens is 164 g/mol. The summed E-state index contributed by atoms with van der Waals surface area (Å²) in [7, 11) is 0. The zero-order chi connectivity index (χ0) is 9.10. The molecule has 0 atom stereocenters. The van der Waals surface area contributed by atoms with Gasteiger partial charge in [0.05, 0.1) is 18.1 Å². The van der Waals surface area contributed by atoms with E-state index in [-0.39, 0.29) is 0 Å². The van der Waals surface area contributed by atoms with Gasteiger partial charge >= 0.3 is 0 Å². The van der Waals surface area contributed by atoms with Crippen LogP contribution in [0.15, 0.2) is 36.9 Å². The van der Waals surface area contributed by atoms with Crippen molar-refractivity contribution in [1.82, 2.24) is 15.0 Å². The second-order valence-corrected chi connectivity index (χ2v) is 2.58. The van der Waals surface area contributed by atoms with Gasteiger partial charge in [-0.3, -0.25) is 4.98 Å². The number of rotatable bonds is 1. The van der Waals surface area contributed by atoms with Crippen LogP contribution in [0, 0.1) is 0 Å². The van der Waals surface area contributed by atoms with Crippen molar-refractivity contribution in [2.75, 3.05) is 5.73 Å². The molecule has 0 aromatic carbocycles. The van der Waals surface area contributed by atoms with E-state index in [1.165, 1.54) is 0 Å². The van der Waals surface area contributed by atoms with E-state index in [4.69, 9.17) is 5.73 Å². The van der Waals surface area contributed by atoms with Crippen molar-refractivity contribution in [1.29, 1.82) is 0 Å². The fourth-order valence-electron chi connectivity index (χ4n) is 0.988. The molecule has 0 radical (unpaired) electrons. The minimum Gasteiger partial charge on any atom is -0.396 e. The Morgan fingerprint density at radius 2 is 1.62 bits per heavy atom. The summed E-state index contributed by atoms with van der Waals surface area (Å²) in [5, 5.41) is 0. The highest BCUT2D eigenvalue weighted by atomic mass is 14.9. The van der Waals surface area contributed by atoms with E-state index < -0.39 is 0 Å². The highest BCUT2D eigenvalue weighted by molar-refractivity contribution is 5.54. The topological polar surface area (TPSA) is 64.7 Å². The summed E-state index contributed by atoms with van der Waals surface area (Å²) < 4.78 is 0. The lowest BCUT2D eigenvalue weighted by Gasteiger charge is -1.98. The molecule has 0 unspecified atom stereocenters. The van der Waals surface area contributed by atoms with E-state index in [1.807, 2.05) is 12.1 Å². The number of anilines is 1. The van der Waals surface area contributed by atoms with Crippen LogP contribution in [0.5, 0.6) is 0 Å². The van der Waals surface area contributed by atoms with Gasteiger partial charge in [-0.1, -0.05) is 0 Å². The number of hydrogen-bond acceptors (Lipinski definition) is 4. The van der Waals surface area contributed by atoms with Crippen LogP contribution in [0.3, 0.4) is 0 Å². The highest BCUT2D eigenvalue weighted by Gasteiger charge is 1.98. The molecule has 0 fully saturated rings. The molecule has 0 saturated carbocycles. The molecule has 2 aromatic heterocycles. The lowest BCUT2D eigenvalue weighted by molar-refractivity contribution is 1.17. The van der Waals surface area contributed by atoms with Crippen molar-refractivity contribution in [3.05, 3.63) is 36.9 Å². The monoisotopic (exact) mass is 172 g/mol. The molecule has 0 aliphatic rings. The number of nitrogen functional groups attached to an aromatic ring is 1. The molecule has 4 nitrogen and oxygen atoms in total. The lowest BCUT2D eigenvalue weighted by Crippen LogP contribution is -1.92. The summed E-state index contributed by atoms with van der Waals surface area (Å²) in [5.41, 5.74) is 6.97. The van der Waals surface area contributed by atoms with Crippen LogP contribution >= 0.6 is 0 Å². The standard InChI is InChI=1S/C9H8N4/c10-8-5-12-9(13-6-8)7-1-3-11-4-2-7/h1-6H,10H2. The maximum absolute atomic E-state index is 5.47. The Bertz CT molecular complexity index is 382. The van der Waals surface area contributed by atoms with Crippen molar-refractivity contribution >= 4 is 5.69 Å². The third kappa shape index (κ3) is 1.61. The average Bonchev–Trinajstić information content (AvgIpc) is 2.20. The number of pyridine rings is 1. The van der Waals surface area contributed by atoms with Crippen LogP contribution in [0.4, 0.5) is 5.69 Å². The van der Waals surface area contributed by atoms with Crippen molar-refractivity contribution in [3.63, 3.8) is 0 Å². The summed E-state index contributed by atoms with van der Waals surface area (Å²) in [6.45, 7) is 0. The van der Waals surface area contributed by atoms with Gasteiger partial charge in [-0.2, -0.15) is 0 Å².